The summed E-state index contributed by atoms with van der Waals surface area (Å²) in [5.41, 5.74) is 4.13. The topological polar surface area (TPSA) is 150 Å². The minimum Gasteiger partial charge on any atom is -0.488 e. The molecule has 12 heteroatoms. The number of rotatable bonds is 8. The number of non-ortho nitro benzene ring substituents is 2. The lowest BCUT2D eigenvalue weighted by atomic mass is 10.2. The second-order valence-electron chi connectivity index (χ2n) is 7.19. The van der Waals surface area contributed by atoms with Crippen LogP contribution in [-0.2, 0) is 6.61 Å². The summed E-state index contributed by atoms with van der Waals surface area (Å²) < 4.78 is 12.0. The molecule has 1 N–H and O–H groups in total. The van der Waals surface area contributed by atoms with E-state index in [4.69, 9.17) is 9.15 Å². The molecule has 0 saturated carbocycles. The van der Waals surface area contributed by atoms with Crippen LogP contribution in [0.3, 0.4) is 0 Å². The van der Waals surface area contributed by atoms with E-state index in [1.165, 1.54) is 42.6 Å². The highest BCUT2D eigenvalue weighted by Gasteiger charge is 2.14. The summed E-state index contributed by atoms with van der Waals surface area (Å²) in [4.78, 5) is 33.0. The van der Waals surface area contributed by atoms with Gasteiger partial charge in [0.2, 0.25) is 0 Å². The average Bonchev–Trinajstić information content (AvgIpc) is 3.27. The lowest BCUT2D eigenvalue weighted by Gasteiger charge is -2.09. The van der Waals surface area contributed by atoms with Crippen LogP contribution in [0.1, 0.15) is 21.7 Å². The van der Waals surface area contributed by atoms with Gasteiger partial charge in [-0.1, -0.05) is 0 Å². The van der Waals surface area contributed by atoms with Gasteiger partial charge in [-0.3, -0.25) is 25.0 Å². The number of carbonyl (C=O) groups excluding carboxylic acids is 1. The zero-order valence-electron chi connectivity index (χ0n) is 17.7. The third kappa shape index (κ3) is 5.78. The Morgan fingerprint density at radius 1 is 1.00 bits per heavy atom. The number of amides is 1. The van der Waals surface area contributed by atoms with Gasteiger partial charge < -0.3 is 9.15 Å². The fraction of sp³-hybridized carbons (Fsp3) is 0.0435. The quantitative estimate of drug-likeness (QED) is 0.129. The smallest absolute Gasteiger partial charge is 0.307 e. The van der Waals surface area contributed by atoms with Crippen molar-refractivity contribution in [2.24, 2.45) is 5.10 Å². The molecule has 11 nitrogen and oxygen atoms in total. The van der Waals surface area contributed by atoms with Crippen LogP contribution in [-0.4, -0.2) is 22.0 Å². The van der Waals surface area contributed by atoms with Crippen LogP contribution in [0.2, 0.25) is 0 Å². The predicted octanol–water partition coefficient (Wildman–Crippen LogP) is 5.20. The minimum atomic E-state index is -0.599. The number of halogens is 1. The van der Waals surface area contributed by atoms with Crippen LogP contribution < -0.4 is 10.2 Å². The maximum atomic E-state index is 12.3. The molecule has 0 fully saturated rings. The summed E-state index contributed by atoms with van der Waals surface area (Å²) in [6, 6.07) is 16.9. The van der Waals surface area contributed by atoms with E-state index >= 15 is 0 Å². The van der Waals surface area contributed by atoms with Crippen molar-refractivity contribution < 1.29 is 23.8 Å². The summed E-state index contributed by atoms with van der Waals surface area (Å²) in [5.74, 6) is 0.00146. The van der Waals surface area contributed by atoms with Gasteiger partial charge in [0, 0.05) is 29.7 Å². The van der Waals surface area contributed by atoms with Crippen LogP contribution in [0.25, 0.3) is 11.0 Å². The predicted molar refractivity (Wildman–Crippen MR) is 135 cm³/mol. The van der Waals surface area contributed by atoms with Crippen LogP contribution in [0.5, 0.6) is 5.75 Å². The van der Waals surface area contributed by atoms with Crippen molar-refractivity contribution in [1.82, 2.24) is 5.43 Å². The molecule has 3 aromatic carbocycles. The number of ether oxygens (including phenoxy) is 1. The molecule has 0 aliphatic heterocycles. The summed E-state index contributed by atoms with van der Waals surface area (Å²) in [6.07, 6.45) is 1.45. The molecular weight excluding hydrogens is 571 g/mol. The monoisotopic (exact) mass is 586 g/mol. The van der Waals surface area contributed by atoms with E-state index in [9.17, 15) is 25.0 Å². The Morgan fingerprint density at radius 2 is 1.71 bits per heavy atom. The molecule has 0 saturated heterocycles. The molecule has 4 aromatic rings. The number of benzene rings is 3. The molecule has 0 unspecified atom stereocenters. The number of nitrogens with zero attached hydrogens (tertiary/aromatic N) is 3. The first-order valence-corrected chi connectivity index (χ1v) is 11.0. The van der Waals surface area contributed by atoms with Crippen molar-refractivity contribution in [3.63, 3.8) is 0 Å². The lowest BCUT2D eigenvalue weighted by molar-refractivity contribution is -0.385. The van der Waals surface area contributed by atoms with E-state index < -0.39 is 15.8 Å². The van der Waals surface area contributed by atoms with Gasteiger partial charge in [-0.2, -0.15) is 5.10 Å². The Bertz CT molecular complexity index is 1460. The molecule has 0 bridgehead atoms. The Balaban J connectivity index is 1.35. The van der Waals surface area contributed by atoms with E-state index in [0.717, 1.165) is 9.13 Å². The zero-order valence-corrected chi connectivity index (χ0v) is 19.9. The minimum absolute atomic E-state index is 0.0170. The summed E-state index contributed by atoms with van der Waals surface area (Å²) in [5, 5.41) is 26.0. The molecule has 1 heterocycles. The van der Waals surface area contributed by atoms with E-state index in [1.807, 2.05) is 6.07 Å². The number of nitrogens with one attached hydrogen (secondary N) is 1. The third-order valence-corrected chi connectivity index (χ3v) is 5.65. The first kappa shape index (κ1) is 23.8. The van der Waals surface area contributed by atoms with Gasteiger partial charge in [0.05, 0.1) is 19.6 Å². The highest BCUT2D eigenvalue weighted by atomic mass is 127. The normalized spacial score (nSPS) is 11.0. The molecule has 35 heavy (non-hydrogen) atoms. The molecular formula is C23H15IN4O7. The Labute approximate surface area is 210 Å². The Hall–Kier alpha value is -4.33. The van der Waals surface area contributed by atoms with Crippen molar-refractivity contribution in [2.75, 3.05) is 0 Å². The highest BCUT2D eigenvalue weighted by molar-refractivity contribution is 14.1. The van der Waals surface area contributed by atoms with Crippen LogP contribution in [0.4, 0.5) is 11.4 Å². The van der Waals surface area contributed by atoms with Gasteiger partial charge in [0.15, 0.2) is 5.76 Å². The maximum Gasteiger partial charge on any atom is 0.307 e. The van der Waals surface area contributed by atoms with Gasteiger partial charge in [0.25, 0.3) is 11.4 Å². The number of hydrogen-bond donors (Lipinski definition) is 1. The molecule has 176 valence electrons. The molecule has 0 radical (unpaired) electrons. The molecule has 0 spiro atoms. The standard InChI is InChI=1S/C23H15IN4O7/c24-19-9-15(3-7-21(19)34-13-14-1-4-17(5-2-14)27(30)31)12-25-26-23(29)22-11-16-10-18(28(32)33)6-8-20(16)35-22/h1-12H,13H2,(H,26,29)/b25-12+. The first-order chi connectivity index (χ1) is 16.8. The number of nitro benzene ring substituents is 2. The van der Waals surface area contributed by atoms with Gasteiger partial charge in [-0.25, -0.2) is 5.43 Å². The molecule has 4 rings (SSSR count). The van der Waals surface area contributed by atoms with E-state index in [-0.39, 0.29) is 23.7 Å². The average molecular weight is 586 g/mol. The molecule has 0 aliphatic rings. The Morgan fingerprint density at radius 3 is 2.40 bits per heavy atom. The maximum absolute atomic E-state index is 12.3. The fourth-order valence-corrected chi connectivity index (χ4v) is 3.76. The fourth-order valence-electron chi connectivity index (χ4n) is 3.07. The van der Waals surface area contributed by atoms with Crippen molar-refractivity contribution in [2.45, 2.75) is 6.61 Å². The number of hydrazone groups is 1. The van der Waals surface area contributed by atoms with Gasteiger partial charge in [0.1, 0.15) is 17.9 Å². The van der Waals surface area contributed by atoms with Crippen molar-refractivity contribution in [3.05, 3.63) is 107 Å². The van der Waals surface area contributed by atoms with Crippen molar-refractivity contribution in [3.8, 4) is 5.75 Å². The van der Waals surface area contributed by atoms with Gasteiger partial charge in [-0.15, -0.1) is 0 Å². The van der Waals surface area contributed by atoms with Crippen LogP contribution >= 0.6 is 22.6 Å². The van der Waals surface area contributed by atoms with Gasteiger partial charge in [-0.05, 0) is 76.2 Å². The SMILES string of the molecule is O=C(N/N=C/c1ccc(OCc2ccc([N+](=O)[O-])cc2)c(I)c1)c1cc2cc([N+](=O)[O-])ccc2o1. The summed E-state index contributed by atoms with van der Waals surface area (Å²) >= 11 is 2.11. The Kier molecular flexibility index (Phi) is 7.01. The van der Waals surface area contributed by atoms with Crippen molar-refractivity contribution in [1.29, 1.82) is 0 Å². The summed E-state index contributed by atoms with van der Waals surface area (Å²) in [6.45, 7) is 0.248. The van der Waals surface area contributed by atoms with Crippen molar-refractivity contribution >= 4 is 57.1 Å². The number of furan rings is 1. The third-order valence-electron chi connectivity index (χ3n) is 4.81. The molecule has 0 atom stereocenters. The molecule has 1 amide bonds. The summed E-state index contributed by atoms with van der Waals surface area (Å²) in [7, 11) is 0. The van der Waals surface area contributed by atoms with Crippen LogP contribution in [0.15, 0.2) is 76.2 Å². The molecule has 0 aliphatic carbocycles. The number of hydrogen-bond acceptors (Lipinski definition) is 8. The first-order valence-electron chi connectivity index (χ1n) is 9.97. The number of fused-ring (bicyclic) bond motifs is 1. The van der Waals surface area contributed by atoms with E-state index in [0.29, 0.717) is 22.3 Å². The van der Waals surface area contributed by atoms with Gasteiger partial charge >= 0.3 is 5.91 Å². The van der Waals surface area contributed by atoms with E-state index in [1.54, 1.807) is 24.3 Å². The lowest BCUT2D eigenvalue weighted by Crippen LogP contribution is -2.16. The highest BCUT2D eigenvalue weighted by Crippen LogP contribution is 2.25. The van der Waals surface area contributed by atoms with Crippen LogP contribution in [0, 0.1) is 23.8 Å². The number of nitro groups is 2. The second-order valence-corrected chi connectivity index (χ2v) is 8.35. The second kappa shape index (κ2) is 10.3. The molecule has 1 aromatic heterocycles. The largest absolute Gasteiger partial charge is 0.488 e. The van der Waals surface area contributed by atoms with E-state index in [2.05, 4.69) is 33.1 Å². The zero-order chi connectivity index (χ0) is 24.9. The number of carbonyl (C=O) groups is 1.